The highest BCUT2D eigenvalue weighted by atomic mass is 15.2. The molecule has 0 bridgehead atoms. The van der Waals surface area contributed by atoms with Crippen LogP contribution in [0, 0.1) is 18.8 Å². The number of likely N-dealkylation sites (tertiary alicyclic amines) is 1. The molecule has 1 saturated carbocycles. The molecule has 21 heavy (non-hydrogen) atoms. The van der Waals surface area contributed by atoms with E-state index in [0.717, 1.165) is 29.9 Å². The first kappa shape index (κ1) is 12.8. The summed E-state index contributed by atoms with van der Waals surface area (Å²) >= 11 is 0. The van der Waals surface area contributed by atoms with Crippen molar-refractivity contribution in [1.29, 1.82) is 0 Å². The lowest BCUT2D eigenvalue weighted by molar-refractivity contribution is 0.292. The fourth-order valence-corrected chi connectivity index (χ4v) is 3.50. The molecule has 1 aromatic heterocycles. The predicted molar refractivity (Wildman–Crippen MR) is 82.9 cm³/mol. The van der Waals surface area contributed by atoms with Crippen molar-refractivity contribution in [3.63, 3.8) is 0 Å². The summed E-state index contributed by atoms with van der Waals surface area (Å²) in [6.45, 7) is 5.47. The van der Waals surface area contributed by atoms with E-state index in [-0.39, 0.29) is 0 Å². The van der Waals surface area contributed by atoms with Crippen molar-refractivity contribution in [3.05, 3.63) is 54.0 Å². The van der Waals surface area contributed by atoms with Gasteiger partial charge in [-0.3, -0.25) is 4.90 Å². The van der Waals surface area contributed by atoms with E-state index in [0.29, 0.717) is 6.04 Å². The van der Waals surface area contributed by atoms with Crippen molar-refractivity contribution in [1.82, 2.24) is 14.9 Å². The highest BCUT2D eigenvalue weighted by Crippen LogP contribution is 2.47. The largest absolute Gasteiger partial charge is 0.367 e. The number of nitrogens with zero attached hydrogens (tertiary/aromatic N) is 3. The Kier molecular flexibility index (Phi) is 3.11. The molecule has 4 nitrogen and oxygen atoms in total. The number of hydrogen-bond acceptors (Lipinski definition) is 4. The highest BCUT2D eigenvalue weighted by molar-refractivity contribution is 5.39. The number of fused-ring (bicyclic) bond motifs is 1. The second-order valence-corrected chi connectivity index (χ2v) is 6.22. The number of nitrogens with one attached hydrogen (secondary N) is 1. The van der Waals surface area contributed by atoms with Crippen LogP contribution in [0.4, 0.5) is 5.82 Å². The molecule has 4 heteroatoms. The molecule has 2 aromatic rings. The first-order valence-electron chi connectivity index (χ1n) is 7.61. The van der Waals surface area contributed by atoms with Gasteiger partial charge in [0.2, 0.25) is 0 Å². The summed E-state index contributed by atoms with van der Waals surface area (Å²) in [5.74, 6) is 2.53. The van der Waals surface area contributed by atoms with Gasteiger partial charge in [-0.1, -0.05) is 30.3 Å². The van der Waals surface area contributed by atoms with E-state index < -0.39 is 0 Å². The SMILES string of the molecule is Cc1cc(NC2C3CN(Cc4ccccc4)CC32)ncn1. The van der Waals surface area contributed by atoms with Gasteiger partial charge in [-0.05, 0) is 24.3 Å². The predicted octanol–water partition coefficient (Wildman–Crippen LogP) is 2.33. The lowest BCUT2D eigenvalue weighted by Crippen LogP contribution is -2.27. The summed E-state index contributed by atoms with van der Waals surface area (Å²) in [5.41, 5.74) is 2.43. The van der Waals surface area contributed by atoms with Gasteiger partial charge in [-0.2, -0.15) is 0 Å². The average Bonchev–Trinajstić information content (AvgIpc) is 2.94. The van der Waals surface area contributed by atoms with E-state index in [1.54, 1.807) is 6.33 Å². The molecule has 2 heterocycles. The number of rotatable bonds is 4. The van der Waals surface area contributed by atoms with E-state index >= 15 is 0 Å². The number of hydrogen-bond donors (Lipinski definition) is 1. The Morgan fingerprint density at radius 2 is 1.90 bits per heavy atom. The van der Waals surface area contributed by atoms with Gasteiger partial charge in [0.25, 0.3) is 0 Å². The third-order valence-corrected chi connectivity index (χ3v) is 4.64. The van der Waals surface area contributed by atoms with Crippen molar-refractivity contribution in [3.8, 4) is 0 Å². The molecular weight excluding hydrogens is 260 g/mol. The Labute approximate surface area is 125 Å². The Bertz CT molecular complexity index is 616. The van der Waals surface area contributed by atoms with Gasteiger partial charge in [-0.15, -0.1) is 0 Å². The molecule has 2 unspecified atom stereocenters. The lowest BCUT2D eigenvalue weighted by Gasteiger charge is -2.20. The van der Waals surface area contributed by atoms with Crippen LogP contribution in [0.2, 0.25) is 0 Å². The molecule has 1 saturated heterocycles. The Morgan fingerprint density at radius 3 is 2.62 bits per heavy atom. The third kappa shape index (κ3) is 2.63. The van der Waals surface area contributed by atoms with Crippen LogP contribution in [0.25, 0.3) is 0 Å². The van der Waals surface area contributed by atoms with E-state index in [9.17, 15) is 0 Å². The van der Waals surface area contributed by atoms with Gasteiger partial charge < -0.3 is 5.32 Å². The Hall–Kier alpha value is -1.94. The third-order valence-electron chi connectivity index (χ3n) is 4.64. The second-order valence-electron chi connectivity index (χ2n) is 6.22. The van der Waals surface area contributed by atoms with Crippen LogP contribution >= 0.6 is 0 Å². The zero-order valence-electron chi connectivity index (χ0n) is 12.2. The summed E-state index contributed by atoms with van der Waals surface area (Å²) in [6, 6.07) is 13.4. The maximum Gasteiger partial charge on any atom is 0.129 e. The number of aryl methyl sites for hydroxylation is 1. The van der Waals surface area contributed by atoms with Crippen LogP contribution in [-0.4, -0.2) is 34.0 Å². The molecule has 4 rings (SSSR count). The smallest absolute Gasteiger partial charge is 0.129 e. The van der Waals surface area contributed by atoms with E-state index in [1.165, 1.54) is 18.7 Å². The molecule has 1 N–H and O–H groups in total. The van der Waals surface area contributed by atoms with Crippen molar-refractivity contribution >= 4 is 5.82 Å². The van der Waals surface area contributed by atoms with Gasteiger partial charge in [0, 0.05) is 37.4 Å². The van der Waals surface area contributed by atoms with Gasteiger partial charge in [0.05, 0.1) is 0 Å². The molecule has 1 aliphatic heterocycles. The van der Waals surface area contributed by atoms with E-state index in [1.807, 2.05) is 13.0 Å². The standard InChI is InChI=1S/C17H20N4/c1-12-7-16(19-11-18-12)20-17-14-9-21(10-15(14)17)8-13-5-3-2-4-6-13/h2-7,11,14-15,17H,8-10H2,1H3,(H,18,19,20). The van der Waals surface area contributed by atoms with Crippen molar-refractivity contribution < 1.29 is 0 Å². The summed E-state index contributed by atoms with van der Waals surface area (Å²) in [7, 11) is 0. The molecule has 108 valence electrons. The van der Waals surface area contributed by atoms with Crippen molar-refractivity contribution in [2.45, 2.75) is 19.5 Å². The first-order chi connectivity index (χ1) is 10.3. The Morgan fingerprint density at radius 1 is 1.14 bits per heavy atom. The fraction of sp³-hybridized carbons (Fsp3) is 0.412. The topological polar surface area (TPSA) is 41.0 Å². The monoisotopic (exact) mass is 280 g/mol. The zero-order valence-corrected chi connectivity index (χ0v) is 12.2. The van der Waals surface area contributed by atoms with Crippen LogP contribution in [0.1, 0.15) is 11.3 Å². The van der Waals surface area contributed by atoms with Crippen LogP contribution in [0.5, 0.6) is 0 Å². The molecular formula is C17H20N4. The first-order valence-corrected chi connectivity index (χ1v) is 7.61. The van der Waals surface area contributed by atoms with Crippen molar-refractivity contribution in [2.24, 2.45) is 11.8 Å². The van der Waals surface area contributed by atoms with E-state index in [2.05, 4.69) is 50.5 Å². The molecule has 2 fully saturated rings. The van der Waals surface area contributed by atoms with Gasteiger partial charge in [0.15, 0.2) is 0 Å². The quantitative estimate of drug-likeness (QED) is 0.933. The molecule has 2 atom stereocenters. The lowest BCUT2D eigenvalue weighted by atomic mass is 10.2. The normalized spacial score (nSPS) is 27.4. The summed E-state index contributed by atoms with van der Waals surface area (Å²) in [6.07, 6.45) is 1.64. The second kappa shape index (κ2) is 5.11. The van der Waals surface area contributed by atoms with Crippen LogP contribution in [0.3, 0.4) is 0 Å². The van der Waals surface area contributed by atoms with Crippen LogP contribution in [-0.2, 0) is 6.54 Å². The maximum atomic E-state index is 4.30. The van der Waals surface area contributed by atoms with Crippen LogP contribution in [0.15, 0.2) is 42.7 Å². The van der Waals surface area contributed by atoms with Crippen LogP contribution < -0.4 is 5.32 Å². The average molecular weight is 280 g/mol. The van der Waals surface area contributed by atoms with Gasteiger partial charge >= 0.3 is 0 Å². The van der Waals surface area contributed by atoms with Gasteiger partial charge in [0.1, 0.15) is 12.1 Å². The number of benzene rings is 1. The molecule has 1 aromatic carbocycles. The van der Waals surface area contributed by atoms with E-state index in [4.69, 9.17) is 0 Å². The molecule has 0 spiro atoms. The number of anilines is 1. The minimum Gasteiger partial charge on any atom is -0.367 e. The fourth-order valence-electron chi connectivity index (χ4n) is 3.50. The number of piperidine rings is 1. The summed E-state index contributed by atoms with van der Waals surface area (Å²) < 4.78 is 0. The molecule has 0 amide bonds. The summed E-state index contributed by atoms with van der Waals surface area (Å²) in [5, 5.41) is 3.57. The van der Waals surface area contributed by atoms with Crippen molar-refractivity contribution in [2.75, 3.05) is 18.4 Å². The Balaban J connectivity index is 1.31. The minimum atomic E-state index is 0.603. The summed E-state index contributed by atoms with van der Waals surface area (Å²) in [4.78, 5) is 11.0. The number of aromatic nitrogens is 2. The molecule has 2 aliphatic rings. The molecule has 1 aliphatic carbocycles. The highest BCUT2D eigenvalue weighted by Gasteiger charge is 2.55. The zero-order chi connectivity index (χ0) is 14.2. The minimum absolute atomic E-state index is 0.603. The maximum absolute atomic E-state index is 4.30. The van der Waals surface area contributed by atoms with Gasteiger partial charge in [-0.25, -0.2) is 9.97 Å². The molecule has 0 radical (unpaired) electrons.